The average molecular weight is 332 g/mol. The number of carbonyl (C=O) groups is 1. The number of alkyl halides is 1. The molecule has 3 atom stereocenters. The summed E-state index contributed by atoms with van der Waals surface area (Å²) in [6.07, 6.45) is 1.98. The Hall–Kier alpha value is -0.760. The molecule has 132 valence electrons. The fraction of sp³-hybridized carbons (Fsp3) is 0.938. The van der Waals surface area contributed by atoms with Gasteiger partial charge in [-0.25, -0.2) is 9.18 Å². The fourth-order valence-corrected chi connectivity index (χ4v) is 3.90. The summed E-state index contributed by atoms with van der Waals surface area (Å²) in [5.74, 6) is -1.80. The highest BCUT2D eigenvalue weighted by molar-refractivity contribution is 5.78. The number of aliphatic hydroxyl groups excluding tert-OH is 2. The van der Waals surface area contributed by atoms with Crippen molar-refractivity contribution in [1.82, 2.24) is 0 Å². The summed E-state index contributed by atoms with van der Waals surface area (Å²) in [6, 6.07) is 0. The monoisotopic (exact) mass is 332 g/mol. The minimum Gasteiger partial charge on any atom is -0.454 e. The van der Waals surface area contributed by atoms with E-state index in [-0.39, 0.29) is 38.3 Å². The quantitative estimate of drug-likeness (QED) is 0.741. The molecule has 3 fully saturated rings. The number of fused-ring (bicyclic) bond motifs is 3. The molecule has 0 amide bonds. The van der Waals surface area contributed by atoms with E-state index in [0.29, 0.717) is 0 Å². The summed E-state index contributed by atoms with van der Waals surface area (Å²) < 4.78 is 31.2. The lowest BCUT2D eigenvalue weighted by atomic mass is 9.86. The third-order valence-electron chi connectivity index (χ3n) is 5.47. The number of carbonyl (C=O) groups excluding carboxylic acids is 1. The second-order valence-electron chi connectivity index (χ2n) is 7.68. The summed E-state index contributed by atoms with van der Waals surface area (Å²) in [5, 5.41) is 18.9. The number of rotatable bonds is 4. The van der Waals surface area contributed by atoms with Crippen molar-refractivity contribution in [2.75, 3.05) is 26.4 Å². The first kappa shape index (κ1) is 17.1. The van der Waals surface area contributed by atoms with Crippen LogP contribution >= 0.6 is 0 Å². The summed E-state index contributed by atoms with van der Waals surface area (Å²) in [6.45, 7) is 2.07. The van der Waals surface area contributed by atoms with E-state index in [1.165, 1.54) is 13.8 Å². The predicted molar refractivity (Wildman–Crippen MR) is 77.1 cm³/mol. The molecule has 1 spiro atoms. The van der Waals surface area contributed by atoms with Gasteiger partial charge in [0.15, 0.2) is 6.10 Å². The Labute approximate surface area is 134 Å². The van der Waals surface area contributed by atoms with Gasteiger partial charge in [0.25, 0.3) is 0 Å². The van der Waals surface area contributed by atoms with Crippen LogP contribution < -0.4 is 0 Å². The van der Waals surface area contributed by atoms with Gasteiger partial charge in [-0.1, -0.05) is 0 Å². The third kappa shape index (κ3) is 2.67. The standard InChI is InChI=1S/C16H25FO6/c1-14(2,17)13(20)23-12-10-3-4-11(5-10)16(12)21-8-15(6-18,7-19)9-22-16/h10-12,18-19H,3-9H2,1-2H3. The Morgan fingerprint density at radius 2 is 1.87 bits per heavy atom. The molecule has 1 heterocycles. The van der Waals surface area contributed by atoms with Crippen molar-refractivity contribution < 1.29 is 33.6 Å². The lowest BCUT2D eigenvalue weighted by molar-refractivity contribution is -0.360. The van der Waals surface area contributed by atoms with Crippen molar-refractivity contribution in [3.8, 4) is 0 Å². The first-order chi connectivity index (χ1) is 10.8. The first-order valence-corrected chi connectivity index (χ1v) is 8.16. The maximum absolute atomic E-state index is 13.8. The van der Waals surface area contributed by atoms with Crippen LogP contribution in [0.15, 0.2) is 0 Å². The van der Waals surface area contributed by atoms with Crippen LogP contribution in [0.1, 0.15) is 33.1 Å². The van der Waals surface area contributed by atoms with Crippen LogP contribution in [0.2, 0.25) is 0 Å². The van der Waals surface area contributed by atoms with Gasteiger partial charge in [0.05, 0.1) is 31.8 Å². The zero-order valence-corrected chi connectivity index (χ0v) is 13.6. The van der Waals surface area contributed by atoms with Gasteiger partial charge >= 0.3 is 5.97 Å². The lowest BCUT2D eigenvalue weighted by Gasteiger charge is -2.49. The molecule has 2 bridgehead atoms. The van der Waals surface area contributed by atoms with Crippen LogP contribution in [0.25, 0.3) is 0 Å². The van der Waals surface area contributed by atoms with E-state index in [1.807, 2.05) is 0 Å². The molecule has 0 aromatic heterocycles. The highest BCUT2D eigenvalue weighted by Crippen LogP contribution is 2.56. The molecule has 23 heavy (non-hydrogen) atoms. The maximum atomic E-state index is 13.8. The second-order valence-corrected chi connectivity index (χ2v) is 7.68. The number of esters is 1. The van der Waals surface area contributed by atoms with Gasteiger partial charge < -0.3 is 24.4 Å². The summed E-state index contributed by atoms with van der Waals surface area (Å²) in [7, 11) is 0. The SMILES string of the molecule is CC(C)(F)C(=O)OC1C2CCC(C2)C12OCC(CO)(CO)CO2. The van der Waals surface area contributed by atoms with Gasteiger partial charge in [0, 0.05) is 11.8 Å². The highest BCUT2D eigenvalue weighted by Gasteiger charge is 2.65. The van der Waals surface area contributed by atoms with Gasteiger partial charge in [-0.3, -0.25) is 0 Å². The van der Waals surface area contributed by atoms with E-state index in [0.717, 1.165) is 19.3 Å². The molecule has 2 N–H and O–H groups in total. The van der Waals surface area contributed by atoms with Crippen molar-refractivity contribution >= 4 is 5.97 Å². The fourth-order valence-electron chi connectivity index (χ4n) is 3.90. The van der Waals surface area contributed by atoms with E-state index in [4.69, 9.17) is 14.2 Å². The Morgan fingerprint density at radius 3 is 2.39 bits per heavy atom. The Balaban J connectivity index is 1.79. The van der Waals surface area contributed by atoms with Gasteiger partial charge in [0.1, 0.15) is 0 Å². The van der Waals surface area contributed by atoms with Crippen molar-refractivity contribution in [1.29, 1.82) is 0 Å². The normalized spacial score (nSPS) is 34.7. The molecule has 0 aromatic rings. The molecule has 1 aliphatic heterocycles. The van der Waals surface area contributed by atoms with Crippen molar-refractivity contribution in [2.45, 2.75) is 50.7 Å². The van der Waals surface area contributed by atoms with Gasteiger partial charge in [0.2, 0.25) is 11.5 Å². The molecular weight excluding hydrogens is 307 g/mol. The molecule has 0 aromatic carbocycles. The predicted octanol–water partition coefficient (Wildman–Crippen LogP) is 0.790. The number of hydrogen-bond donors (Lipinski definition) is 2. The van der Waals surface area contributed by atoms with E-state index >= 15 is 0 Å². The Kier molecular flexibility index (Phi) is 4.20. The van der Waals surface area contributed by atoms with E-state index < -0.39 is 28.9 Å². The van der Waals surface area contributed by atoms with Crippen LogP contribution in [0, 0.1) is 17.3 Å². The summed E-state index contributed by atoms with van der Waals surface area (Å²) in [5.41, 5.74) is -2.92. The molecule has 2 aliphatic carbocycles. The molecule has 2 saturated carbocycles. The number of halogens is 1. The molecule has 1 saturated heterocycles. The number of hydrogen-bond acceptors (Lipinski definition) is 6. The molecule has 3 aliphatic rings. The van der Waals surface area contributed by atoms with Gasteiger partial charge in [-0.15, -0.1) is 0 Å². The van der Waals surface area contributed by atoms with Crippen molar-refractivity contribution in [3.05, 3.63) is 0 Å². The number of aliphatic hydroxyl groups is 2. The lowest BCUT2D eigenvalue weighted by Crippen LogP contribution is -2.61. The first-order valence-electron chi connectivity index (χ1n) is 8.16. The van der Waals surface area contributed by atoms with E-state index in [2.05, 4.69) is 0 Å². The average Bonchev–Trinajstić information content (AvgIpc) is 3.10. The molecule has 7 heteroatoms. The third-order valence-corrected chi connectivity index (χ3v) is 5.47. The van der Waals surface area contributed by atoms with E-state index in [9.17, 15) is 19.4 Å². The van der Waals surface area contributed by atoms with E-state index in [1.54, 1.807) is 0 Å². The Morgan fingerprint density at radius 1 is 1.26 bits per heavy atom. The molecule has 0 radical (unpaired) electrons. The van der Waals surface area contributed by atoms with Crippen LogP contribution in [0.5, 0.6) is 0 Å². The molecular formula is C16H25FO6. The maximum Gasteiger partial charge on any atom is 0.343 e. The zero-order valence-electron chi connectivity index (χ0n) is 13.6. The zero-order chi connectivity index (χ0) is 16.9. The topological polar surface area (TPSA) is 85.2 Å². The second kappa shape index (κ2) is 5.65. The minimum absolute atomic E-state index is 0.0865. The van der Waals surface area contributed by atoms with Crippen LogP contribution in [-0.4, -0.2) is 60.2 Å². The van der Waals surface area contributed by atoms with Crippen LogP contribution in [-0.2, 0) is 19.0 Å². The number of ether oxygens (including phenoxy) is 3. The molecule has 3 rings (SSSR count). The minimum atomic E-state index is -2.07. The van der Waals surface area contributed by atoms with Crippen LogP contribution in [0.3, 0.4) is 0 Å². The smallest absolute Gasteiger partial charge is 0.343 e. The highest BCUT2D eigenvalue weighted by atomic mass is 19.1. The molecule has 6 nitrogen and oxygen atoms in total. The van der Waals surface area contributed by atoms with Crippen molar-refractivity contribution in [2.24, 2.45) is 17.3 Å². The van der Waals surface area contributed by atoms with Gasteiger partial charge in [-0.2, -0.15) is 0 Å². The Bertz CT molecular complexity index is 460. The summed E-state index contributed by atoms with van der Waals surface area (Å²) in [4.78, 5) is 12.0. The molecule has 3 unspecified atom stereocenters. The van der Waals surface area contributed by atoms with Crippen molar-refractivity contribution in [3.63, 3.8) is 0 Å². The summed E-state index contributed by atoms with van der Waals surface area (Å²) >= 11 is 0. The largest absolute Gasteiger partial charge is 0.454 e. The van der Waals surface area contributed by atoms with Gasteiger partial charge in [-0.05, 0) is 33.1 Å². The van der Waals surface area contributed by atoms with Crippen LogP contribution in [0.4, 0.5) is 4.39 Å².